The fraction of sp³-hybridized carbons (Fsp3) is 1.00. The van der Waals surface area contributed by atoms with Gasteiger partial charge in [0.05, 0.1) is 12.7 Å². The first-order valence-corrected chi connectivity index (χ1v) is 5.07. The molecule has 0 spiro atoms. The molecule has 8 heavy (non-hydrogen) atoms. The molecular weight excluding hydrogens is 143 g/mol. The molecule has 0 aliphatic carbocycles. The second-order valence-corrected chi connectivity index (χ2v) is 3.84. The van der Waals surface area contributed by atoms with Gasteiger partial charge in [0.15, 0.2) is 7.15 Å². The Labute approximate surface area is 54.8 Å². The van der Waals surface area contributed by atoms with Crippen molar-refractivity contribution in [2.45, 2.75) is 19.4 Å². The van der Waals surface area contributed by atoms with Crippen LogP contribution in [0, 0.1) is 0 Å². The van der Waals surface area contributed by atoms with Gasteiger partial charge in [0, 0.05) is 0 Å². The van der Waals surface area contributed by atoms with Crippen molar-refractivity contribution in [2.75, 3.05) is 6.61 Å². The zero-order valence-corrected chi connectivity index (χ0v) is 6.53. The molecule has 0 aromatic rings. The van der Waals surface area contributed by atoms with Gasteiger partial charge in [0.25, 0.3) is 0 Å². The normalized spacial score (nSPS) is 39.6. The van der Waals surface area contributed by atoms with E-state index in [-0.39, 0.29) is 0 Å². The third-order valence-electron chi connectivity index (χ3n) is 1.04. The summed E-state index contributed by atoms with van der Waals surface area (Å²) in [5, 5.41) is 0. The summed E-state index contributed by atoms with van der Waals surface area (Å²) in [7, 11) is -1.26. The Morgan fingerprint density at radius 1 is 1.75 bits per heavy atom. The molecule has 0 saturated carbocycles. The predicted molar refractivity (Wildman–Crippen MR) is 36.8 cm³/mol. The van der Waals surface area contributed by atoms with Crippen LogP contribution in [0.25, 0.3) is 0 Å². The van der Waals surface area contributed by atoms with Crippen molar-refractivity contribution >= 4 is 19.0 Å². The van der Waals surface area contributed by atoms with Crippen molar-refractivity contribution < 1.29 is 9.05 Å². The molecule has 1 heterocycles. The zero-order valence-electron chi connectivity index (χ0n) is 4.72. The highest BCUT2D eigenvalue weighted by atomic mass is 32.4. The van der Waals surface area contributed by atoms with Crippen LogP contribution in [0.2, 0.25) is 0 Å². The molecular formula is C4H9O2PS. The lowest BCUT2D eigenvalue weighted by Gasteiger charge is -2.19. The summed E-state index contributed by atoms with van der Waals surface area (Å²) in [4.78, 5) is 0. The molecule has 1 rings (SSSR count). The van der Waals surface area contributed by atoms with Gasteiger partial charge in [0.1, 0.15) is 0 Å². The van der Waals surface area contributed by atoms with Crippen LogP contribution in [0.1, 0.15) is 13.3 Å². The lowest BCUT2D eigenvalue weighted by atomic mass is 10.3. The van der Waals surface area contributed by atoms with Crippen LogP contribution in [0.5, 0.6) is 0 Å². The van der Waals surface area contributed by atoms with Gasteiger partial charge in [-0.05, 0) is 25.2 Å². The lowest BCUT2D eigenvalue weighted by Crippen LogP contribution is -2.11. The number of hydrogen-bond acceptors (Lipinski definition) is 3. The van der Waals surface area contributed by atoms with Crippen LogP contribution in [-0.2, 0) is 20.9 Å². The fourth-order valence-electron chi connectivity index (χ4n) is 0.565. The van der Waals surface area contributed by atoms with Gasteiger partial charge >= 0.3 is 0 Å². The Hall–Kier alpha value is 0.570. The molecule has 0 radical (unpaired) electrons. The van der Waals surface area contributed by atoms with E-state index in [1.807, 2.05) is 6.92 Å². The van der Waals surface area contributed by atoms with Crippen LogP contribution in [0.4, 0.5) is 0 Å². The van der Waals surface area contributed by atoms with Crippen molar-refractivity contribution in [3.63, 3.8) is 0 Å². The van der Waals surface area contributed by atoms with Gasteiger partial charge < -0.3 is 9.05 Å². The minimum absolute atomic E-state index is 0.329. The molecule has 0 unspecified atom stereocenters. The molecule has 1 saturated heterocycles. The summed E-state index contributed by atoms with van der Waals surface area (Å²) < 4.78 is 10.2. The first-order valence-electron chi connectivity index (χ1n) is 2.62. The number of hydrogen-bond donors (Lipinski definition) is 0. The molecule has 1 aliphatic rings. The average Bonchev–Trinajstić information content (AvgIpc) is 1.64. The highest BCUT2D eigenvalue weighted by molar-refractivity contribution is 8.00. The van der Waals surface area contributed by atoms with E-state index in [0.29, 0.717) is 6.10 Å². The molecule has 0 N–H and O–H groups in total. The minimum atomic E-state index is -1.26. The molecule has 2 nitrogen and oxygen atoms in total. The summed E-state index contributed by atoms with van der Waals surface area (Å²) in [5.41, 5.74) is 0. The second-order valence-electron chi connectivity index (χ2n) is 1.82. The van der Waals surface area contributed by atoms with E-state index in [1.54, 1.807) is 0 Å². The fourth-order valence-corrected chi connectivity index (χ4v) is 2.11. The van der Waals surface area contributed by atoms with Crippen LogP contribution in [-0.4, -0.2) is 12.7 Å². The summed E-state index contributed by atoms with van der Waals surface area (Å²) in [5.74, 6) is 0. The predicted octanol–water partition coefficient (Wildman–Crippen LogP) is 1.32. The third kappa shape index (κ3) is 1.82. The molecule has 1 fully saturated rings. The molecule has 48 valence electrons. The number of rotatable bonds is 0. The minimum Gasteiger partial charge on any atom is -0.331 e. The van der Waals surface area contributed by atoms with Crippen molar-refractivity contribution in [2.24, 2.45) is 0 Å². The quantitative estimate of drug-likeness (QED) is 0.488. The average molecular weight is 152 g/mol. The smallest absolute Gasteiger partial charge is 0.176 e. The Bertz CT molecular complexity index is 106. The Kier molecular flexibility index (Phi) is 2.44. The van der Waals surface area contributed by atoms with E-state index >= 15 is 0 Å². The summed E-state index contributed by atoms with van der Waals surface area (Å²) in [6.07, 6.45) is 1.32. The monoisotopic (exact) mass is 152 g/mol. The molecule has 0 aromatic heterocycles. The topological polar surface area (TPSA) is 18.5 Å². The van der Waals surface area contributed by atoms with Crippen molar-refractivity contribution in [3.05, 3.63) is 0 Å². The van der Waals surface area contributed by atoms with Gasteiger partial charge in [-0.1, -0.05) is 0 Å². The van der Waals surface area contributed by atoms with E-state index in [2.05, 4.69) is 0 Å². The maximum absolute atomic E-state index is 5.18. The molecule has 0 aromatic carbocycles. The molecule has 0 bridgehead atoms. The maximum atomic E-state index is 5.18. The van der Waals surface area contributed by atoms with Gasteiger partial charge in [-0.15, -0.1) is 0 Å². The van der Waals surface area contributed by atoms with Crippen molar-refractivity contribution in [1.82, 2.24) is 0 Å². The van der Waals surface area contributed by atoms with E-state index in [1.165, 1.54) is 0 Å². The van der Waals surface area contributed by atoms with Crippen LogP contribution >= 0.6 is 7.15 Å². The maximum Gasteiger partial charge on any atom is 0.176 e. The molecule has 1 aliphatic heterocycles. The molecule has 2 atom stereocenters. The summed E-state index contributed by atoms with van der Waals surface area (Å²) in [6.45, 7) is 2.82. The summed E-state index contributed by atoms with van der Waals surface area (Å²) in [6, 6.07) is 0. The van der Waals surface area contributed by atoms with Gasteiger partial charge in [-0.3, -0.25) is 0 Å². The van der Waals surface area contributed by atoms with Gasteiger partial charge in [-0.2, -0.15) is 0 Å². The lowest BCUT2D eigenvalue weighted by molar-refractivity contribution is 0.131. The first kappa shape index (κ1) is 6.69. The third-order valence-corrected chi connectivity index (χ3v) is 2.72. The Balaban J connectivity index is 2.34. The highest BCUT2D eigenvalue weighted by Gasteiger charge is 2.10. The van der Waals surface area contributed by atoms with E-state index in [0.717, 1.165) is 13.0 Å². The van der Waals surface area contributed by atoms with Crippen molar-refractivity contribution in [3.8, 4) is 0 Å². The van der Waals surface area contributed by atoms with Gasteiger partial charge in [-0.25, -0.2) is 0 Å². The largest absolute Gasteiger partial charge is 0.331 e. The Morgan fingerprint density at radius 2 is 2.50 bits per heavy atom. The van der Waals surface area contributed by atoms with E-state index < -0.39 is 7.15 Å². The van der Waals surface area contributed by atoms with Crippen molar-refractivity contribution in [1.29, 1.82) is 0 Å². The summed E-state index contributed by atoms with van der Waals surface area (Å²) >= 11 is 4.82. The SMILES string of the molecule is C[C@H]1CCO[P@@H](=S)O1. The van der Waals surface area contributed by atoms with Gasteiger partial charge in [0.2, 0.25) is 0 Å². The van der Waals surface area contributed by atoms with E-state index in [4.69, 9.17) is 20.9 Å². The van der Waals surface area contributed by atoms with Crippen LogP contribution in [0.15, 0.2) is 0 Å². The van der Waals surface area contributed by atoms with E-state index in [9.17, 15) is 0 Å². The zero-order chi connectivity index (χ0) is 5.98. The first-order chi connectivity index (χ1) is 3.79. The van der Waals surface area contributed by atoms with Crippen LogP contribution < -0.4 is 0 Å². The molecule has 4 heteroatoms. The Morgan fingerprint density at radius 3 is 2.88 bits per heavy atom. The van der Waals surface area contributed by atoms with Crippen LogP contribution in [0.3, 0.4) is 0 Å². The second kappa shape index (κ2) is 2.92. The molecule has 0 amide bonds. The standard InChI is InChI=1S/C4H9O2PS/c1-4-2-3-5-7(8)6-4/h4,7H,2-3H2,1H3/t4-/m0/s1. The highest BCUT2D eigenvalue weighted by Crippen LogP contribution is 2.31.